The van der Waals surface area contributed by atoms with Crippen LogP contribution in [0, 0.1) is 0 Å². The molecule has 1 rings (SSSR count). The Labute approximate surface area is 99.8 Å². The normalized spacial score (nSPS) is 39.1. The standard InChI is InChI=1S/C9H17O7P/c1-2-15-9-8(12)7(11)6(10)5(16-9)3-4-17(13)14/h5-12H,2-4H2,1H3/p+1/t5-,6-,7+,8+,9?/m1/s1. The molecule has 8 heteroatoms. The molecule has 0 bridgehead atoms. The molecular formula is C9H18O7P+. The summed E-state index contributed by atoms with van der Waals surface area (Å²) in [6.45, 7) is 1.98. The smallest absolute Gasteiger partial charge is 0.388 e. The van der Waals surface area contributed by atoms with Crippen molar-refractivity contribution in [2.75, 3.05) is 12.8 Å². The lowest BCUT2D eigenvalue weighted by molar-refractivity contribution is -0.295. The van der Waals surface area contributed by atoms with E-state index in [2.05, 4.69) is 0 Å². The molecule has 1 fully saturated rings. The van der Waals surface area contributed by atoms with Crippen LogP contribution < -0.4 is 0 Å². The predicted octanol–water partition coefficient (Wildman–Crippen LogP) is -1.04. The Morgan fingerprint density at radius 1 is 1.24 bits per heavy atom. The van der Waals surface area contributed by atoms with Crippen molar-refractivity contribution in [1.29, 1.82) is 0 Å². The van der Waals surface area contributed by atoms with E-state index in [1.165, 1.54) is 0 Å². The molecule has 1 saturated heterocycles. The number of aliphatic hydroxyl groups excluding tert-OH is 3. The zero-order valence-electron chi connectivity index (χ0n) is 9.47. The summed E-state index contributed by atoms with van der Waals surface area (Å²) in [4.78, 5) is 8.69. The second kappa shape index (κ2) is 6.70. The number of rotatable bonds is 5. The maximum Gasteiger partial charge on any atom is 0.505 e. The third-order valence-electron chi connectivity index (χ3n) is 2.60. The first-order valence-electron chi connectivity index (χ1n) is 5.42. The number of aliphatic hydroxyl groups is 3. The summed E-state index contributed by atoms with van der Waals surface area (Å²) in [5.74, 6) is 0. The van der Waals surface area contributed by atoms with Crippen molar-refractivity contribution in [3.05, 3.63) is 0 Å². The maximum absolute atomic E-state index is 10.6. The fourth-order valence-corrected chi connectivity index (χ4v) is 2.17. The first-order chi connectivity index (χ1) is 7.97. The highest BCUT2D eigenvalue weighted by Gasteiger charge is 2.44. The molecule has 0 amide bonds. The van der Waals surface area contributed by atoms with Crippen molar-refractivity contribution in [2.24, 2.45) is 0 Å². The maximum atomic E-state index is 10.6. The highest BCUT2D eigenvalue weighted by atomic mass is 31.1. The molecule has 0 aliphatic carbocycles. The quantitative estimate of drug-likeness (QED) is 0.471. The molecule has 6 atom stereocenters. The van der Waals surface area contributed by atoms with E-state index in [-0.39, 0.29) is 19.2 Å². The fraction of sp³-hybridized carbons (Fsp3) is 1.00. The summed E-state index contributed by atoms with van der Waals surface area (Å²) in [6, 6.07) is 0. The van der Waals surface area contributed by atoms with E-state index in [1.807, 2.05) is 0 Å². The van der Waals surface area contributed by atoms with Crippen LogP contribution in [-0.4, -0.2) is 63.7 Å². The highest BCUT2D eigenvalue weighted by Crippen LogP contribution is 2.26. The summed E-state index contributed by atoms with van der Waals surface area (Å²) in [5, 5.41) is 28.8. The van der Waals surface area contributed by atoms with E-state index >= 15 is 0 Å². The van der Waals surface area contributed by atoms with Crippen molar-refractivity contribution < 1.29 is 34.3 Å². The van der Waals surface area contributed by atoms with Crippen LogP contribution in [0.15, 0.2) is 0 Å². The van der Waals surface area contributed by atoms with Gasteiger partial charge in [-0.2, -0.15) is 4.89 Å². The Kier molecular flexibility index (Phi) is 5.88. The van der Waals surface area contributed by atoms with Crippen LogP contribution in [-0.2, 0) is 14.0 Å². The van der Waals surface area contributed by atoms with E-state index < -0.39 is 38.7 Å². The van der Waals surface area contributed by atoms with Gasteiger partial charge in [0.25, 0.3) is 0 Å². The van der Waals surface area contributed by atoms with Crippen molar-refractivity contribution >= 4 is 8.03 Å². The molecule has 4 N–H and O–H groups in total. The van der Waals surface area contributed by atoms with Gasteiger partial charge < -0.3 is 24.8 Å². The molecule has 100 valence electrons. The molecule has 0 aromatic heterocycles. The monoisotopic (exact) mass is 269 g/mol. The minimum atomic E-state index is -2.32. The summed E-state index contributed by atoms with van der Waals surface area (Å²) in [5.41, 5.74) is 0. The molecule has 1 heterocycles. The van der Waals surface area contributed by atoms with E-state index in [0.29, 0.717) is 0 Å². The van der Waals surface area contributed by atoms with Crippen LogP contribution in [0.3, 0.4) is 0 Å². The molecule has 0 saturated carbocycles. The van der Waals surface area contributed by atoms with Crippen LogP contribution in [0.4, 0.5) is 0 Å². The Morgan fingerprint density at radius 2 is 1.88 bits per heavy atom. The molecule has 2 unspecified atom stereocenters. The molecule has 0 spiro atoms. The van der Waals surface area contributed by atoms with Crippen molar-refractivity contribution in [1.82, 2.24) is 0 Å². The second-order valence-electron chi connectivity index (χ2n) is 3.83. The third kappa shape index (κ3) is 3.93. The predicted molar refractivity (Wildman–Crippen MR) is 57.6 cm³/mol. The van der Waals surface area contributed by atoms with E-state index in [0.717, 1.165) is 0 Å². The molecule has 0 aromatic carbocycles. The number of hydrogen-bond donors (Lipinski definition) is 4. The summed E-state index contributed by atoms with van der Waals surface area (Å²) >= 11 is 0. The van der Waals surface area contributed by atoms with Gasteiger partial charge >= 0.3 is 8.03 Å². The molecular weight excluding hydrogens is 251 g/mol. The second-order valence-corrected chi connectivity index (χ2v) is 4.99. The van der Waals surface area contributed by atoms with Crippen LogP contribution in [0.1, 0.15) is 13.3 Å². The molecule has 7 nitrogen and oxygen atoms in total. The average molecular weight is 269 g/mol. The van der Waals surface area contributed by atoms with Crippen LogP contribution in [0.25, 0.3) is 0 Å². The lowest BCUT2D eigenvalue weighted by Gasteiger charge is -2.39. The Bertz CT molecular complexity index is 262. The molecule has 1 aliphatic heterocycles. The lowest BCUT2D eigenvalue weighted by atomic mass is 9.97. The topological polar surface area (TPSA) is 116 Å². The summed E-state index contributed by atoms with van der Waals surface area (Å²) in [6.07, 6.45) is -5.79. The number of ether oxygens (including phenoxy) is 2. The van der Waals surface area contributed by atoms with Crippen LogP contribution in [0.2, 0.25) is 0 Å². The highest BCUT2D eigenvalue weighted by molar-refractivity contribution is 7.37. The molecule has 0 radical (unpaired) electrons. The van der Waals surface area contributed by atoms with Gasteiger partial charge in [-0.1, -0.05) is 0 Å². The largest absolute Gasteiger partial charge is 0.505 e. The van der Waals surface area contributed by atoms with Gasteiger partial charge in [0.05, 0.1) is 6.10 Å². The van der Waals surface area contributed by atoms with Crippen LogP contribution >= 0.6 is 8.03 Å². The molecule has 1 aliphatic rings. The lowest BCUT2D eigenvalue weighted by Crippen LogP contribution is -2.58. The first-order valence-corrected chi connectivity index (χ1v) is 6.82. The van der Waals surface area contributed by atoms with Gasteiger partial charge in [-0.3, -0.25) is 0 Å². The minimum Gasteiger partial charge on any atom is -0.388 e. The molecule has 0 aromatic rings. The third-order valence-corrected chi connectivity index (χ3v) is 3.25. The molecule has 17 heavy (non-hydrogen) atoms. The fourth-order valence-electron chi connectivity index (χ4n) is 1.69. The zero-order chi connectivity index (χ0) is 13.0. The summed E-state index contributed by atoms with van der Waals surface area (Å²) < 4.78 is 20.9. The summed E-state index contributed by atoms with van der Waals surface area (Å²) in [7, 11) is -2.32. The Morgan fingerprint density at radius 3 is 2.41 bits per heavy atom. The van der Waals surface area contributed by atoms with Gasteiger partial charge in [-0.25, -0.2) is 0 Å². The van der Waals surface area contributed by atoms with Crippen molar-refractivity contribution in [2.45, 2.75) is 44.1 Å². The Balaban J connectivity index is 2.60. The van der Waals surface area contributed by atoms with E-state index in [9.17, 15) is 19.9 Å². The zero-order valence-corrected chi connectivity index (χ0v) is 10.4. The van der Waals surface area contributed by atoms with Gasteiger partial charge in [0.15, 0.2) is 12.5 Å². The van der Waals surface area contributed by atoms with Crippen molar-refractivity contribution in [3.8, 4) is 0 Å². The van der Waals surface area contributed by atoms with Crippen molar-refractivity contribution in [3.63, 3.8) is 0 Å². The van der Waals surface area contributed by atoms with Gasteiger partial charge in [-0.15, -0.1) is 0 Å². The number of hydrogen-bond acceptors (Lipinski definition) is 6. The van der Waals surface area contributed by atoms with Crippen LogP contribution in [0.5, 0.6) is 0 Å². The average Bonchev–Trinajstić information content (AvgIpc) is 2.28. The first kappa shape index (κ1) is 14.9. The van der Waals surface area contributed by atoms with Gasteiger partial charge in [-0.05, 0) is 11.5 Å². The minimum absolute atomic E-state index is 0.0429. The van der Waals surface area contributed by atoms with Gasteiger partial charge in [0.1, 0.15) is 18.3 Å². The SMILES string of the molecule is CCOC1O[C@H](CC[P+](=O)O)[C@@H](O)[C@H](O)[C@@H]1O. The van der Waals surface area contributed by atoms with E-state index in [1.54, 1.807) is 6.92 Å². The van der Waals surface area contributed by atoms with Gasteiger partial charge in [0, 0.05) is 13.0 Å². The Hall–Kier alpha value is -0.140. The van der Waals surface area contributed by atoms with Gasteiger partial charge in [0.2, 0.25) is 0 Å². The van der Waals surface area contributed by atoms with E-state index in [4.69, 9.17) is 14.4 Å².